The Kier molecular flexibility index (Phi) is 2.97. The molecule has 1 atom stereocenters. The molecule has 1 saturated carbocycles. The summed E-state index contributed by atoms with van der Waals surface area (Å²) in [5.74, 6) is 3.03. The van der Waals surface area contributed by atoms with Crippen LogP contribution in [0.2, 0.25) is 0 Å². The van der Waals surface area contributed by atoms with Gasteiger partial charge in [-0.05, 0) is 19.3 Å². The lowest BCUT2D eigenvalue weighted by Crippen LogP contribution is -2.25. The molecular formula is C9H13NO. The zero-order chi connectivity index (χ0) is 8.10. The molecule has 0 aromatic carbocycles. The fourth-order valence-electron chi connectivity index (χ4n) is 1.19. The topological polar surface area (TPSA) is 21.6 Å². The van der Waals surface area contributed by atoms with E-state index in [2.05, 4.69) is 18.0 Å². The van der Waals surface area contributed by atoms with Gasteiger partial charge < -0.3 is 4.84 Å². The molecule has 11 heavy (non-hydrogen) atoms. The molecule has 1 aliphatic rings. The lowest BCUT2D eigenvalue weighted by Gasteiger charge is -2.25. The molecule has 1 aliphatic carbocycles. The molecule has 1 rings (SSSR count). The summed E-state index contributed by atoms with van der Waals surface area (Å²) in [7, 11) is 0. The molecule has 1 fully saturated rings. The second-order valence-corrected chi connectivity index (χ2v) is 2.70. The first-order valence-electron chi connectivity index (χ1n) is 4.00. The summed E-state index contributed by atoms with van der Waals surface area (Å²) in [5.41, 5.74) is 1.18. The molecule has 0 heterocycles. The van der Waals surface area contributed by atoms with Crippen molar-refractivity contribution >= 4 is 5.71 Å². The van der Waals surface area contributed by atoms with Crippen molar-refractivity contribution in [3.05, 3.63) is 0 Å². The molecular weight excluding hydrogens is 138 g/mol. The van der Waals surface area contributed by atoms with Crippen molar-refractivity contribution in [2.24, 2.45) is 11.1 Å². The molecule has 0 N–H and O–H groups in total. The van der Waals surface area contributed by atoms with Crippen LogP contribution in [0.5, 0.6) is 0 Å². The van der Waals surface area contributed by atoms with Gasteiger partial charge in [0.05, 0.1) is 5.71 Å². The fraction of sp³-hybridized carbons (Fsp3) is 0.667. The van der Waals surface area contributed by atoms with Crippen LogP contribution in [0, 0.1) is 18.3 Å². The summed E-state index contributed by atoms with van der Waals surface area (Å²) in [4.78, 5) is 4.87. The van der Waals surface area contributed by atoms with Gasteiger partial charge in [-0.1, -0.05) is 18.0 Å². The molecule has 2 heteroatoms. The number of oxime groups is 1. The molecule has 0 aliphatic heterocycles. The first-order chi connectivity index (χ1) is 5.38. The number of terminal acetylenes is 1. The minimum atomic E-state index is 0.292. The van der Waals surface area contributed by atoms with Crippen molar-refractivity contribution in [2.45, 2.75) is 26.2 Å². The molecule has 60 valence electrons. The smallest absolute Gasteiger partial charge is 0.177 e. The van der Waals surface area contributed by atoms with E-state index < -0.39 is 0 Å². The molecule has 0 bridgehead atoms. The Labute approximate surface area is 67.6 Å². The minimum Gasteiger partial charge on any atom is -0.383 e. The molecule has 1 unspecified atom stereocenters. The first kappa shape index (κ1) is 8.13. The standard InChI is InChI=1S/C9H13NO/c1-3-7-11-10-9-6-5-8(9)4-2/h1,8H,4-7H2,2H3/b10-9+. The predicted molar refractivity (Wildman–Crippen MR) is 45.2 cm³/mol. The average Bonchev–Trinajstić information content (AvgIpc) is 1.97. The van der Waals surface area contributed by atoms with Gasteiger partial charge in [-0.2, -0.15) is 0 Å². The summed E-state index contributed by atoms with van der Waals surface area (Å²) < 4.78 is 0. The van der Waals surface area contributed by atoms with E-state index in [4.69, 9.17) is 11.3 Å². The van der Waals surface area contributed by atoms with Gasteiger partial charge in [0.15, 0.2) is 6.61 Å². The van der Waals surface area contributed by atoms with Crippen LogP contribution in [-0.2, 0) is 4.84 Å². The van der Waals surface area contributed by atoms with E-state index in [9.17, 15) is 0 Å². The van der Waals surface area contributed by atoms with Crippen LogP contribution in [0.1, 0.15) is 26.2 Å². The highest BCUT2D eigenvalue weighted by molar-refractivity contribution is 5.91. The van der Waals surface area contributed by atoms with Gasteiger partial charge in [0.1, 0.15) is 0 Å². The van der Waals surface area contributed by atoms with Gasteiger partial charge in [-0.3, -0.25) is 0 Å². The minimum absolute atomic E-state index is 0.292. The van der Waals surface area contributed by atoms with Crippen LogP contribution in [-0.4, -0.2) is 12.3 Å². The maximum atomic E-state index is 5.00. The van der Waals surface area contributed by atoms with Crippen LogP contribution < -0.4 is 0 Å². The maximum Gasteiger partial charge on any atom is 0.177 e. The lowest BCUT2D eigenvalue weighted by molar-refractivity contribution is 0.173. The summed E-state index contributed by atoms with van der Waals surface area (Å²) in [6.45, 7) is 2.46. The van der Waals surface area contributed by atoms with Crippen LogP contribution in [0.15, 0.2) is 5.16 Å². The Balaban J connectivity index is 2.25. The summed E-state index contributed by atoms with van der Waals surface area (Å²) in [5, 5.41) is 3.95. The Bertz CT molecular complexity index is 188. The molecule has 0 aromatic rings. The van der Waals surface area contributed by atoms with Gasteiger partial charge in [-0.25, -0.2) is 0 Å². The van der Waals surface area contributed by atoms with E-state index in [1.165, 1.54) is 12.1 Å². The lowest BCUT2D eigenvalue weighted by atomic mass is 9.81. The summed E-state index contributed by atoms with van der Waals surface area (Å²) in [6, 6.07) is 0. The normalized spacial score (nSPS) is 25.8. The van der Waals surface area contributed by atoms with Crippen LogP contribution >= 0.6 is 0 Å². The second-order valence-electron chi connectivity index (χ2n) is 2.70. The van der Waals surface area contributed by atoms with Crippen LogP contribution in [0.3, 0.4) is 0 Å². The molecule has 0 spiro atoms. The number of hydrogen-bond acceptors (Lipinski definition) is 2. The Hall–Kier alpha value is -0.970. The fourth-order valence-corrected chi connectivity index (χ4v) is 1.19. The van der Waals surface area contributed by atoms with Crippen molar-refractivity contribution in [1.82, 2.24) is 0 Å². The summed E-state index contributed by atoms with van der Waals surface area (Å²) >= 11 is 0. The number of hydrogen-bond donors (Lipinski definition) is 0. The van der Waals surface area contributed by atoms with E-state index in [0.29, 0.717) is 12.5 Å². The van der Waals surface area contributed by atoms with Crippen molar-refractivity contribution in [3.8, 4) is 12.3 Å². The van der Waals surface area contributed by atoms with Gasteiger partial charge in [0.25, 0.3) is 0 Å². The zero-order valence-electron chi connectivity index (χ0n) is 6.84. The van der Waals surface area contributed by atoms with Crippen LogP contribution in [0.4, 0.5) is 0 Å². The molecule has 0 aromatic heterocycles. The third-order valence-corrected chi connectivity index (χ3v) is 2.04. The molecule has 0 saturated heterocycles. The van der Waals surface area contributed by atoms with Crippen molar-refractivity contribution in [2.75, 3.05) is 6.61 Å². The largest absolute Gasteiger partial charge is 0.383 e. The van der Waals surface area contributed by atoms with Crippen LogP contribution in [0.25, 0.3) is 0 Å². The second kappa shape index (κ2) is 4.02. The quantitative estimate of drug-likeness (QED) is 0.342. The number of rotatable bonds is 3. The van der Waals surface area contributed by atoms with E-state index in [-0.39, 0.29) is 0 Å². The maximum absolute atomic E-state index is 5.00. The third-order valence-electron chi connectivity index (χ3n) is 2.04. The zero-order valence-corrected chi connectivity index (χ0v) is 6.84. The van der Waals surface area contributed by atoms with E-state index in [0.717, 1.165) is 12.8 Å². The molecule has 0 amide bonds. The van der Waals surface area contributed by atoms with E-state index >= 15 is 0 Å². The molecule has 0 radical (unpaired) electrons. The van der Waals surface area contributed by atoms with Gasteiger partial charge >= 0.3 is 0 Å². The highest BCUT2D eigenvalue weighted by Gasteiger charge is 2.24. The third kappa shape index (κ3) is 1.98. The number of nitrogens with zero attached hydrogens (tertiary/aromatic N) is 1. The summed E-state index contributed by atoms with van der Waals surface area (Å²) in [6.07, 6.45) is 8.51. The van der Waals surface area contributed by atoms with Gasteiger partial charge in [0.2, 0.25) is 0 Å². The Morgan fingerprint density at radius 1 is 1.82 bits per heavy atom. The Morgan fingerprint density at radius 3 is 3.09 bits per heavy atom. The highest BCUT2D eigenvalue weighted by atomic mass is 16.6. The van der Waals surface area contributed by atoms with Crippen molar-refractivity contribution in [3.63, 3.8) is 0 Å². The molecule has 2 nitrogen and oxygen atoms in total. The van der Waals surface area contributed by atoms with Crippen molar-refractivity contribution in [1.29, 1.82) is 0 Å². The van der Waals surface area contributed by atoms with Gasteiger partial charge in [0, 0.05) is 5.92 Å². The predicted octanol–water partition coefficient (Wildman–Crippen LogP) is 1.81. The monoisotopic (exact) mass is 151 g/mol. The SMILES string of the molecule is C#CCO/N=C1\CCC1CC. The van der Waals surface area contributed by atoms with E-state index in [1.54, 1.807) is 0 Å². The average molecular weight is 151 g/mol. The van der Waals surface area contributed by atoms with Gasteiger partial charge in [-0.15, -0.1) is 6.42 Å². The first-order valence-corrected chi connectivity index (χ1v) is 4.00. The highest BCUT2D eigenvalue weighted by Crippen LogP contribution is 2.26. The van der Waals surface area contributed by atoms with Crippen molar-refractivity contribution < 1.29 is 4.84 Å². The Morgan fingerprint density at radius 2 is 2.64 bits per heavy atom. The van der Waals surface area contributed by atoms with E-state index in [1.807, 2.05) is 0 Å².